The zero-order valence-electron chi connectivity index (χ0n) is 26.9. The van der Waals surface area contributed by atoms with Gasteiger partial charge in [-0.25, -0.2) is 0 Å². The third-order valence-electron chi connectivity index (χ3n) is 8.52. The zero-order valence-corrected chi connectivity index (χ0v) is 28.4. The number of aryl methyl sites for hydroxylation is 1. The largest absolute Gasteiger partial charge is 0.416 e. The molecule has 2 aromatic rings. The van der Waals surface area contributed by atoms with Crippen molar-refractivity contribution in [3.8, 4) is 0 Å². The molecule has 2 rings (SSSR count). The summed E-state index contributed by atoms with van der Waals surface area (Å²) >= 11 is 12.6. The molecule has 0 aliphatic carbocycles. The highest BCUT2D eigenvalue weighted by Crippen LogP contribution is 2.37. The van der Waals surface area contributed by atoms with Crippen LogP contribution >= 0.6 is 23.2 Å². The third kappa shape index (κ3) is 13.6. The lowest BCUT2D eigenvalue weighted by molar-refractivity contribution is -0.143. The number of hydrogen-bond acceptors (Lipinski definition) is 3. The number of nitrogens with one attached hydrogen (secondary N) is 2. The Balaban J connectivity index is 2.18. The highest BCUT2D eigenvalue weighted by atomic mass is 35.5. The first-order valence-corrected chi connectivity index (χ1v) is 16.8. The molecule has 0 aliphatic rings. The topological polar surface area (TPSA) is 27.3 Å². The smallest absolute Gasteiger partial charge is 0.317 e. The van der Waals surface area contributed by atoms with E-state index in [0.717, 1.165) is 63.1 Å². The summed E-state index contributed by atoms with van der Waals surface area (Å²) in [6, 6.07) is 7.84. The van der Waals surface area contributed by atoms with Crippen molar-refractivity contribution in [2.24, 2.45) is 0 Å². The SMILES string of the molecule is CCCCCNC(CC)CCNCCC(c1ccc(Cl)c(Cl)c1)C(CCCc1cc(C(F)(F)F)cc(C(F)(F)F)c1)N(C)CC. The lowest BCUT2D eigenvalue weighted by atomic mass is 9.84. The number of nitrogens with zero attached hydrogens (tertiary/aromatic N) is 1. The molecule has 3 unspecified atom stereocenters. The van der Waals surface area contributed by atoms with E-state index >= 15 is 0 Å². The molecule has 3 nitrogen and oxygen atoms in total. The van der Waals surface area contributed by atoms with Gasteiger partial charge < -0.3 is 15.5 Å². The number of hydrogen-bond donors (Lipinski definition) is 2. The number of rotatable bonds is 20. The molecular formula is C34H49Cl2F6N3. The Kier molecular flexibility index (Phi) is 17.0. The first-order valence-electron chi connectivity index (χ1n) is 16.1. The normalized spacial score (nSPS) is 14.6. The Morgan fingerprint density at radius 2 is 1.40 bits per heavy atom. The Labute approximate surface area is 275 Å². The summed E-state index contributed by atoms with van der Waals surface area (Å²) in [6.45, 7) is 9.75. The summed E-state index contributed by atoms with van der Waals surface area (Å²) in [5.41, 5.74) is -1.54. The van der Waals surface area contributed by atoms with Gasteiger partial charge in [-0.15, -0.1) is 0 Å². The van der Waals surface area contributed by atoms with Crippen molar-refractivity contribution < 1.29 is 26.3 Å². The number of alkyl halides is 6. The molecule has 2 N–H and O–H groups in total. The minimum absolute atomic E-state index is 0.0126. The standard InChI is InChI=1S/C34H49Cl2F6N3/c1-5-8-9-17-44-28(6-2)15-18-43-19-16-29(25-13-14-30(35)31(36)22-25)32(45(4)7-3)12-10-11-24-20-26(33(37,38)39)23-27(21-24)34(40,41)42/h13-14,20-23,28-29,32,43-44H,5-12,15-19H2,1-4H3. The fourth-order valence-electron chi connectivity index (χ4n) is 5.76. The highest BCUT2D eigenvalue weighted by Gasteiger charge is 2.37. The van der Waals surface area contributed by atoms with Crippen LogP contribution in [0.4, 0.5) is 26.3 Å². The van der Waals surface area contributed by atoms with Gasteiger partial charge in [0, 0.05) is 18.0 Å². The number of unbranched alkanes of at least 4 members (excludes halogenated alkanes) is 2. The monoisotopic (exact) mass is 683 g/mol. The van der Waals surface area contributed by atoms with E-state index in [1.807, 2.05) is 26.1 Å². The van der Waals surface area contributed by atoms with Crippen molar-refractivity contribution in [2.75, 3.05) is 33.2 Å². The van der Waals surface area contributed by atoms with Gasteiger partial charge in [-0.2, -0.15) is 26.3 Å². The van der Waals surface area contributed by atoms with Crippen LogP contribution in [0.15, 0.2) is 36.4 Å². The summed E-state index contributed by atoms with van der Waals surface area (Å²) in [6.07, 6.45) is -2.22. The maximum absolute atomic E-state index is 13.4. The lowest BCUT2D eigenvalue weighted by Crippen LogP contribution is -2.38. The Morgan fingerprint density at radius 3 is 1.96 bits per heavy atom. The second kappa shape index (κ2) is 19.3. The average Bonchev–Trinajstić information content (AvgIpc) is 2.98. The zero-order chi connectivity index (χ0) is 33.6. The molecule has 0 heterocycles. The molecule has 0 saturated carbocycles. The van der Waals surface area contributed by atoms with Crippen molar-refractivity contribution in [2.45, 2.75) is 109 Å². The first-order chi connectivity index (χ1) is 21.2. The van der Waals surface area contributed by atoms with Crippen LogP contribution in [0.2, 0.25) is 10.0 Å². The molecule has 0 bridgehead atoms. The van der Waals surface area contributed by atoms with Gasteiger partial charge in [0.1, 0.15) is 0 Å². The van der Waals surface area contributed by atoms with Gasteiger partial charge in [0.05, 0.1) is 21.2 Å². The summed E-state index contributed by atoms with van der Waals surface area (Å²) in [4.78, 5) is 2.19. The molecule has 3 atom stereocenters. The molecule has 2 aromatic carbocycles. The van der Waals surface area contributed by atoms with E-state index in [4.69, 9.17) is 23.2 Å². The summed E-state index contributed by atoms with van der Waals surface area (Å²) in [5, 5.41) is 8.11. The predicted octanol–water partition coefficient (Wildman–Crippen LogP) is 10.4. The van der Waals surface area contributed by atoms with E-state index in [2.05, 4.69) is 29.4 Å². The van der Waals surface area contributed by atoms with Crippen molar-refractivity contribution in [3.05, 3.63) is 68.7 Å². The van der Waals surface area contributed by atoms with Gasteiger partial charge in [0.2, 0.25) is 0 Å². The molecule has 0 spiro atoms. The summed E-state index contributed by atoms with van der Waals surface area (Å²) < 4.78 is 80.5. The van der Waals surface area contributed by atoms with E-state index < -0.39 is 23.5 Å². The second-order valence-electron chi connectivity index (χ2n) is 11.8. The number of benzene rings is 2. The fourth-order valence-corrected chi connectivity index (χ4v) is 6.06. The minimum Gasteiger partial charge on any atom is -0.317 e. The van der Waals surface area contributed by atoms with Crippen LogP contribution in [-0.4, -0.2) is 50.2 Å². The molecule has 11 heteroatoms. The van der Waals surface area contributed by atoms with Gasteiger partial charge >= 0.3 is 12.4 Å². The van der Waals surface area contributed by atoms with E-state index in [0.29, 0.717) is 28.9 Å². The van der Waals surface area contributed by atoms with Crippen LogP contribution in [0.1, 0.15) is 100 Å². The average molecular weight is 685 g/mol. The maximum atomic E-state index is 13.4. The third-order valence-corrected chi connectivity index (χ3v) is 9.26. The van der Waals surface area contributed by atoms with Crippen LogP contribution in [0.25, 0.3) is 0 Å². The molecule has 0 aliphatic heterocycles. The Morgan fingerprint density at radius 1 is 0.756 bits per heavy atom. The summed E-state index contributed by atoms with van der Waals surface area (Å²) in [5.74, 6) is 0.0126. The molecule has 45 heavy (non-hydrogen) atoms. The van der Waals surface area contributed by atoms with Gasteiger partial charge in [-0.1, -0.05) is 62.9 Å². The van der Waals surface area contributed by atoms with Crippen molar-refractivity contribution in [1.82, 2.24) is 15.5 Å². The van der Waals surface area contributed by atoms with Gasteiger partial charge in [-0.05, 0) is 120 Å². The molecule has 256 valence electrons. The number of halogens is 8. The molecule has 0 saturated heterocycles. The second-order valence-corrected chi connectivity index (χ2v) is 12.6. The molecule has 0 amide bonds. The van der Waals surface area contributed by atoms with E-state index in [-0.39, 0.29) is 30.0 Å². The molecular weight excluding hydrogens is 635 g/mol. The molecule has 0 fully saturated rings. The van der Waals surface area contributed by atoms with Crippen molar-refractivity contribution >= 4 is 23.2 Å². The summed E-state index contributed by atoms with van der Waals surface area (Å²) in [7, 11) is 1.99. The fraction of sp³-hybridized carbons (Fsp3) is 0.647. The van der Waals surface area contributed by atoms with Crippen molar-refractivity contribution in [3.63, 3.8) is 0 Å². The van der Waals surface area contributed by atoms with Crippen LogP contribution in [0.5, 0.6) is 0 Å². The first kappa shape index (κ1) is 39.7. The van der Waals surface area contributed by atoms with E-state index in [1.54, 1.807) is 6.07 Å². The highest BCUT2D eigenvalue weighted by molar-refractivity contribution is 6.42. The Hall–Kier alpha value is -1.52. The van der Waals surface area contributed by atoms with E-state index in [9.17, 15) is 26.3 Å². The predicted molar refractivity (Wildman–Crippen MR) is 174 cm³/mol. The van der Waals surface area contributed by atoms with Crippen LogP contribution in [-0.2, 0) is 18.8 Å². The van der Waals surface area contributed by atoms with Gasteiger partial charge in [0.25, 0.3) is 0 Å². The Bertz CT molecular complexity index is 1110. The van der Waals surface area contributed by atoms with Crippen LogP contribution in [0, 0.1) is 0 Å². The van der Waals surface area contributed by atoms with Crippen molar-refractivity contribution in [1.29, 1.82) is 0 Å². The van der Waals surface area contributed by atoms with Gasteiger partial charge in [-0.3, -0.25) is 0 Å². The van der Waals surface area contributed by atoms with Crippen LogP contribution < -0.4 is 10.6 Å². The van der Waals surface area contributed by atoms with Crippen LogP contribution in [0.3, 0.4) is 0 Å². The van der Waals surface area contributed by atoms with Gasteiger partial charge in [0.15, 0.2) is 0 Å². The number of likely N-dealkylation sites (N-methyl/N-ethyl adjacent to an activating group) is 1. The van der Waals surface area contributed by atoms with E-state index in [1.165, 1.54) is 19.3 Å². The quantitative estimate of drug-likeness (QED) is 0.107. The minimum atomic E-state index is -4.87. The molecule has 0 radical (unpaired) electrons. The lowest BCUT2D eigenvalue weighted by Gasteiger charge is -2.35. The molecule has 0 aromatic heterocycles. The maximum Gasteiger partial charge on any atom is 0.416 e.